The Hall–Kier alpha value is -1.64. The quantitative estimate of drug-likeness (QED) is 0.771. The van der Waals surface area contributed by atoms with Gasteiger partial charge in [0, 0.05) is 24.7 Å². The van der Waals surface area contributed by atoms with E-state index in [1.54, 1.807) is 25.3 Å². The van der Waals surface area contributed by atoms with Crippen LogP contribution < -0.4 is 4.72 Å². The first-order valence-corrected chi connectivity index (χ1v) is 9.57. The van der Waals surface area contributed by atoms with Gasteiger partial charge in [0.15, 0.2) is 0 Å². The van der Waals surface area contributed by atoms with Crippen LogP contribution in [0, 0.1) is 6.92 Å². The molecule has 0 fully saturated rings. The molecule has 0 unspecified atom stereocenters. The molecule has 0 spiro atoms. The Morgan fingerprint density at radius 2 is 2.17 bits per heavy atom. The van der Waals surface area contributed by atoms with Crippen molar-refractivity contribution in [2.24, 2.45) is 7.05 Å². The molecule has 2 aromatic rings. The van der Waals surface area contributed by atoms with Gasteiger partial charge in [-0.1, -0.05) is 0 Å². The average molecular weight is 356 g/mol. The topological polar surface area (TPSA) is 77.4 Å². The summed E-state index contributed by atoms with van der Waals surface area (Å²) in [5.41, 5.74) is 1.37. The summed E-state index contributed by atoms with van der Waals surface area (Å²) in [6.45, 7) is 4.26. The number of sulfonamides is 1. The normalized spacial score (nSPS) is 11.6. The van der Waals surface area contributed by atoms with E-state index in [4.69, 9.17) is 4.74 Å². The lowest BCUT2D eigenvalue weighted by Crippen LogP contribution is -2.25. The number of aryl methyl sites for hydroxylation is 2. The molecule has 0 bridgehead atoms. The summed E-state index contributed by atoms with van der Waals surface area (Å²) in [6.07, 6.45) is 2.05. The van der Waals surface area contributed by atoms with E-state index in [1.165, 1.54) is 22.4 Å². The monoisotopic (exact) mass is 356 g/mol. The molecule has 0 aliphatic heterocycles. The van der Waals surface area contributed by atoms with E-state index < -0.39 is 16.0 Å². The van der Waals surface area contributed by atoms with Crippen molar-refractivity contribution < 1.29 is 17.9 Å². The third kappa shape index (κ3) is 4.21. The number of thiophene rings is 1. The number of carbonyl (C=O) groups is 1. The zero-order valence-corrected chi connectivity index (χ0v) is 15.0. The van der Waals surface area contributed by atoms with Crippen LogP contribution in [0.2, 0.25) is 0 Å². The fraction of sp³-hybridized carbons (Fsp3) is 0.400. The smallest absolute Gasteiger partial charge is 0.354 e. The molecule has 23 heavy (non-hydrogen) atoms. The van der Waals surface area contributed by atoms with Gasteiger partial charge in [0.25, 0.3) is 0 Å². The summed E-state index contributed by atoms with van der Waals surface area (Å²) in [7, 11) is -2.04. The Kier molecular flexibility index (Phi) is 5.61. The van der Waals surface area contributed by atoms with Crippen molar-refractivity contribution in [1.82, 2.24) is 9.29 Å². The van der Waals surface area contributed by atoms with Gasteiger partial charge < -0.3 is 9.30 Å². The van der Waals surface area contributed by atoms with Crippen LogP contribution in [0.25, 0.3) is 0 Å². The van der Waals surface area contributed by atoms with Crippen LogP contribution in [0.4, 0.5) is 0 Å². The number of rotatable bonds is 7. The van der Waals surface area contributed by atoms with Crippen LogP contribution in [-0.4, -0.2) is 32.1 Å². The lowest BCUT2D eigenvalue weighted by atomic mass is 10.2. The van der Waals surface area contributed by atoms with Crippen LogP contribution >= 0.6 is 11.3 Å². The lowest BCUT2D eigenvalue weighted by Gasteiger charge is -2.04. The summed E-state index contributed by atoms with van der Waals surface area (Å²) in [4.78, 5) is 13.0. The molecule has 0 amide bonds. The first kappa shape index (κ1) is 17.7. The molecule has 126 valence electrons. The summed E-state index contributed by atoms with van der Waals surface area (Å²) in [5, 5.41) is 1.99. The number of nitrogens with one attached hydrogen (secondary N) is 1. The van der Waals surface area contributed by atoms with Gasteiger partial charge in [-0.2, -0.15) is 0 Å². The number of esters is 1. The Bertz CT molecular complexity index is 790. The number of hydrogen-bond donors (Lipinski definition) is 1. The number of aromatic nitrogens is 1. The second kappa shape index (κ2) is 7.29. The molecule has 1 N–H and O–H groups in total. The first-order chi connectivity index (χ1) is 10.8. The zero-order chi connectivity index (χ0) is 17.0. The standard InChI is InChI=1S/C15H20N2O4S2/c1-4-21-15(18)13-9-12(10-17(13)3)23(19,20)16-7-5-14-11(2)6-8-22-14/h6,8-10,16H,4-5,7H2,1-3H3. The molecule has 0 radical (unpaired) electrons. The van der Waals surface area contributed by atoms with E-state index in [0.29, 0.717) is 13.0 Å². The van der Waals surface area contributed by atoms with Crippen molar-refractivity contribution in [2.75, 3.05) is 13.2 Å². The molecular formula is C15H20N2O4S2. The van der Waals surface area contributed by atoms with Gasteiger partial charge in [0.2, 0.25) is 10.0 Å². The summed E-state index contributed by atoms with van der Waals surface area (Å²) >= 11 is 1.61. The van der Waals surface area contributed by atoms with Crippen LogP contribution in [0.3, 0.4) is 0 Å². The largest absolute Gasteiger partial charge is 0.461 e. The second-order valence-electron chi connectivity index (χ2n) is 5.07. The summed E-state index contributed by atoms with van der Waals surface area (Å²) in [6, 6.07) is 3.34. The molecule has 6 nitrogen and oxygen atoms in total. The van der Waals surface area contributed by atoms with Gasteiger partial charge in [-0.05, 0) is 43.3 Å². The molecule has 8 heteroatoms. The maximum atomic E-state index is 12.3. The molecule has 0 aliphatic rings. The van der Waals surface area contributed by atoms with Crippen molar-refractivity contribution in [3.05, 3.63) is 39.8 Å². The van der Waals surface area contributed by atoms with E-state index in [2.05, 4.69) is 4.72 Å². The van der Waals surface area contributed by atoms with Crippen molar-refractivity contribution in [3.8, 4) is 0 Å². The molecule has 0 aromatic carbocycles. The molecular weight excluding hydrogens is 336 g/mol. The SMILES string of the molecule is CCOC(=O)c1cc(S(=O)(=O)NCCc2sccc2C)cn1C. The van der Waals surface area contributed by atoms with Gasteiger partial charge in [-0.3, -0.25) is 0 Å². The fourth-order valence-electron chi connectivity index (χ4n) is 2.13. The van der Waals surface area contributed by atoms with Crippen LogP contribution in [0.15, 0.2) is 28.6 Å². The predicted molar refractivity (Wildman–Crippen MR) is 89.3 cm³/mol. The predicted octanol–water partition coefficient (Wildman–Crippen LogP) is 2.09. The minimum Gasteiger partial charge on any atom is -0.461 e. The van der Waals surface area contributed by atoms with Crippen molar-refractivity contribution in [3.63, 3.8) is 0 Å². The van der Waals surface area contributed by atoms with E-state index in [9.17, 15) is 13.2 Å². The maximum absolute atomic E-state index is 12.3. The number of hydrogen-bond acceptors (Lipinski definition) is 5. The highest BCUT2D eigenvalue weighted by atomic mass is 32.2. The maximum Gasteiger partial charge on any atom is 0.354 e. The highest BCUT2D eigenvalue weighted by Gasteiger charge is 2.20. The third-order valence-corrected chi connectivity index (χ3v) is 5.90. The third-order valence-electron chi connectivity index (χ3n) is 3.39. The zero-order valence-electron chi connectivity index (χ0n) is 13.3. The molecule has 0 saturated heterocycles. The lowest BCUT2D eigenvalue weighted by molar-refractivity contribution is 0.0515. The van der Waals surface area contributed by atoms with Gasteiger partial charge in [-0.25, -0.2) is 17.9 Å². The molecule has 2 aromatic heterocycles. The summed E-state index contributed by atoms with van der Waals surface area (Å²) in [5.74, 6) is -0.536. The Morgan fingerprint density at radius 3 is 2.78 bits per heavy atom. The van der Waals surface area contributed by atoms with Gasteiger partial charge in [0.05, 0.1) is 6.61 Å². The van der Waals surface area contributed by atoms with Crippen molar-refractivity contribution >= 4 is 27.3 Å². The van der Waals surface area contributed by atoms with Crippen LogP contribution in [-0.2, 0) is 28.2 Å². The Labute approximate surface area is 140 Å². The number of carbonyl (C=O) groups excluding carboxylic acids is 1. The van der Waals surface area contributed by atoms with E-state index in [1.807, 2.05) is 18.4 Å². The second-order valence-corrected chi connectivity index (χ2v) is 7.83. The average Bonchev–Trinajstić information content (AvgIpc) is 3.06. The molecule has 0 aliphatic carbocycles. The van der Waals surface area contributed by atoms with Gasteiger partial charge >= 0.3 is 5.97 Å². The molecule has 2 rings (SSSR count). The molecule has 0 atom stereocenters. The van der Waals surface area contributed by atoms with Crippen molar-refractivity contribution in [1.29, 1.82) is 0 Å². The summed E-state index contributed by atoms with van der Waals surface area (Å²) < 4.78 is 33.6. The van der Waals surface area contributed by atoms with Crippen LogP contribution in [0.1, 0.15) is 27.9 Å². The molecule has 0 saturated carbocycles. The number of nitrogens with zero attached hydrogens (tertiary/aromatic N) is 1. The van der Waals surface area contributed by atoms with E-state index >= 15 is 0 Å². The fourth-order valence-corrected chi connectivity index (χ4v) is 4.14. The highest BCUT2D eigenvalue weighted by Crippen LogP contribution is 2.17. The van der Waals surface area contributed by atoms with E-state index in [0.717, 1.165) is 4.88 Å². The Balaban J connectivity index is 2.06. The van der Waals surface area contributed by atoms with Gasteiger partial charge in [-0.15, -0.1) is 11.3 Å². The van der Waals surface area contributed by atoms with Gasteiger partial charge in [0.1, 0.15) is 10.6 Å². The Morgan fingerprint density at radius 1 is 1.43 bits per heavy atom. The first-order valence-electron chi connectivity index (χ1n) is 7.21. The minimum absolute atomic E-state index is 0.0611. The van der Waals surface area contributed by atoms with Crippen molar-refractivity contribution in [2.45, 2.75) is 25.2 Å². The van der Waals surface area contributed by atoms with Crippen LogP contribution in [0.5, 0.6) is 0 Å². The van der Waals surface area contributed by atoms with E-state index in [-0.39, 0.29) is 17.2 Å². The molecule has 2 heterocycles. The minimum atomic E-state index is -3.65. The highest BCUT2D eigenvalue weighted by molar-refractivity contribution is 7.89. The number of ether oxygens (including phenoxy) is 1.